The summed E-state index contributed by atoms with van der Waals surface area (Å²) in [5.74, 6) is -0.00320. The predicted octanol–water partition coefficient (Wildman–Crippen LogP) is 3.40. The molecule has 0 spiro atoms. The lowest BCUT2D eigenvalue weighted by atomic mass is 10.0. The number of anilines is 1. The van der Waals surface area contributed by atoms with Crippen LogP contribution in [0.1, 0.15) is 17.3 Å². The summed E-state index contributed by atoms with van der Waals surface area (Å²) < 4.78 is 30.8. The Bertz CT molecular complexity index is 1120. The number of amides is 1. The molecule has 162 valence electrons. The highest BCUT2D eigenvalue weighted by Crippen LogP contribution is 2.40. The van der Waals surface area contributed by atoms with E-state index in [0.29, 0.717) is 59.9 Å². The normalized spacial score (nSPS) is 14.0. The number of furan rings is 1. The molecule has 4 rings (SSSR count). The number of hydrogen-bond acceptors (Lipinski definition) is 6. The van der Waals surface area contributed by atoms with Gasteiger partial charge in [0.2, 0.25) is 0 Å². The van der Waals surface area contributed by atoms with E-state index in [1.165, 1.54) is 26.1 Å². The quantitative estimate of drug-likeness (QED) is 0.651. The molecule has 0 radical (unpaired) electrons. The fourth-order valence-corrected chi connectivity index (χ4v) is 3.61. The molecule has 1 amide bonds. The van der Waals surface area contributed by atoms with E-state index in [0.717, 1.165) is 5.69 Å². The number of fused-ring (bicyclic) bond motifs is 1. The maximum Gasteiger partial charge on any atom is 0.255 e. The second kappa shape index (κ2) is 8.77. The highest BCUT2D eigenvalue weighted by Gasteiger charge is 2.25. The number of carbonyl (C=O) groups excluding carboxylic acids is 2. The molecule has 31 heavy (non-hydrogen) atoms. The van der Waals surface area contributed by atoms with Gasteiger partial charge in [0.1, 0.15) is 29.5 Å². The lowest BCUT2D eigenvalue weighted by molar-refractivity contribution is -0.118. The second-order valence-corrected chi connectivity index (χ2v) is 7.30. The maximum absolute atomic E-state index is 13.4. The van der Waals surface area contributed by atoms with Crippen molar-refractivity contribution < 1.29 is 27.9 Å². The van der Waals surface area contributed by atoms with E-state index in [9.17, 15) is 14.0 Å². The summed E-state index contributed by atoms with van der Waals surface area (Å²) in [6.45, 7) is 3.85. The van der Waals surface area contributed by atoms with Crippen LogP contribution in [0.15, 0.2) is 40.8 Å². The van der Waals surface area contributed by atoms with E-state index in [1.807, 2.05) is 6.07 Å². The van der Waals surface area contributed by atoms with Crippen molar-refractivity contribution in [2.24, 2.45) is 0 Å². The molecule has 0 unspecified atom stereocenters. The third-order valence-corrected chi connectivity index (χ3v) is 5.11. The molecule has 0 saturated carbocycles. The van der Waals surface area contributed by atoms with Crippen molar-refractivity contribution in [2.75, 3.05) is 44.9 Å². The molecule has 7 nitrogen and oxygen atoms in total. The Kier molecular flexibility index (Phi) is 5.90. The first kappa shape index (κ1) is 20.9. The zero-order valence-corrected chi connectivity index (χ0v) is 17.4. The van der Waals surface area contributed by atoms with Crippen molar-refractivity contribution >= 4 is 28.3 Å². The van der Waals surface area contributed by atoms with Gasteiger partial charge in [0.25, 0.3) is 5.91 Å². The summed E-state index contributed by atoms with van der Waals surface area (Å²) in [6.07, 6.45) is 0. The molecule has 1 aliphatic heterocycles. The number of benzene rings is 2. The Balaban J connectivity index is 1.90. The first-order valence-electron chi connectivity index (χ1n) is 10.0. The molecule has 0 atom stereocenters. The number of Topliss-reactive ketones (excluding diaryl/α,β-unsaturated/α-hetero) is 1. The minimum Gasteiger partial charge on any atom is -0.484 e. The van der Waals surface area contributed by atoms with Gasteiger partial charge in [-0.05, 0) is 37.3 Å². The lowest BCUT2D eigenvalue weighted by Gasteiger charge is -2.30. The van der Waals surface area contributed by atoms with Crippen LogP contribution in [0.4, 0.5) is 10.1 Å². The third-order valence-electron chi connectivity index (χ3n) is 5.11. The number of rotatable bonds is 6. The SMILES string of the molecule is CNC(=O)c1c(-c2ccc(F)cc2)oc2cc(N3CCOCC3)c(OCC(C)=O)cc12. The predicted molar refractivity (Wildman–Crippen MR) is 114 cm³/mol. The molecule has 1 saturated heterocycles. The highest BCUT2D eigenvalue weighted by molar-refractivity contribution is 6.12. The standard InChI is InChI=1S/C23H23FN2O5/c1-14(27)13-30-20-11-17-19(12-18(20)26-7-9-29-10-8-26)31-22(21(17)23(28)25-2)15-3-5-16(24)6-4-15/h3-6,11-12H,7-10,13H2,1-2H3,(H,25,28). The van der Waals surface area contributed by atoms with Gasteiger partial charge in [-0.3, -0.25) is 9.59 Å². The average molecular weight is 426 g/mol. The Morgan fingerprint density at radius 3 is 2.52 bits per heavy atom. The number of ketones is 1. The first-order valence-corrected chi connectivity index (χ1v) is 10.0. The Hall–Kier alpha value is -3.39. The van der Waals surface area contributed by atoms with E-state index < -0.39 is 0 Å². The number of ether oxygens (including phenoxy) is 2. The van der Waals surface area contributed by atoms with E-state index in [1.54, 1.807) is 18.2 Å². The molecule has 0 bridgehead atoms. The molecule has 0 aliphatic carbocycles. The van der Waals surface area contributed by atoms with E-state index in [4.69, 9.17) is 13.9 Å². The zero-order valence-electron chi connectivity index (χ0n) is 17.4. The van der Waals surface area contributed by atoms with Gasteiger partial charge < -0.3 is 24.1 Å². The molecule has 8 heteroatoms. The van der Waals surface area contributed by atoms with Crippen molar-refractivity contribution in [3.63, 3.8) is 0 Å². The van der Waals surface area contributed by atoms with Crippen LogP contribution in [0.5, 0.6) is 5.75 Å². The van der Waals surface area contributed by atoms with Gasteiger partial charge in [-0.15, -0.1) is 0 Å². The van der Waals surface area contributed by atoms with E-state index in [2.05, 4.69) is 10.2 Å². The van der Waals surface area contributed by atoms with Gasteiger partial charge in [0, 0.05) is 37.2 Å². The third kappa shape index (κ3) is 4.25. The summed E-state index contributed by atoms with van der Waals surface area (Å²) in [6, 6.07) is 9.30. The molecular formula is C23H23FN2O5. The summed E-state index contributed by atoms with van der Waals surface area (Å²) >= 11 is 0. The smallest absolute Gasteiger partial charge is 0.255 e. The maximum atomic E-state index is 13.4. The summed E-state index contributed by atoms with van der Waals surface area (Å²) in [7, 11) is 1.53. The van der Waals surface area contributed by atoms with Gasteiger partial charge in [-0.1, -0.05) is 0 Å². The lowest BCUT2D eigenvalue weighted by Crippen LogP contribution is -2.36. The van der Waals surface area contributed by atoms with Gasteiger partial charge in [-0.25, -0.2) is 4.39 Å². The Morgan fingerprint density at radius 2 is 1.87 bits per heavy atom. The number of carbonyl (C=O) groups is 2. The number of nitrogens with one attached hydrogen (secondary N) is 1. The van der Waals surface area contributed by atoms with Gasteiger partial charge in [-0.2, -0.15) is 0 Å². The molecule has 1 aliphatic rings. The van der Waals surface area contributed by atoms with Crippen LogP contribution < -0.4 is 15.0 Å². The van der Waals surface area contributed by atoms with Gasteiger partial charge in [0.05, 0.1) is 24.5 Å². The topological polar surface area (TPSA) is 81.0 Å². The van der Waals surface area contributed by atoms with Crippen LogP contribution >= 0.6 is 0 Å². The fourth-order valence-electron chi connectivity index (χ4n) is 3.61. The molecule has 1 N–H and O–H groups in total. The van der Waals surface area contributed by atoms with Crippen LogP contribution in [0.25, 0.3) is 22.3 Å². The number of morpholine rings is 1. The van der Waals surface area contributed by atoms with Crippen LogP contribution in [-0.2, 0) is 9.53 Å². The van der Waals surface area contributed by atoms with Gasteiger partial charge in [0.15, 0.2) is 5.78 Å². The molecule has 3 aromatic rings. The molecule has 2 heterocycles. The van der Waals surface area contributed by atoms with Crippen molar-refractivity contribution in [2.45, 2.75) is 6.92 Å². The average Bonchev–Trinajstić information content (AvgIpc) is 3.16. The molecular weight excluding hydrogens is 403 g/mol. The van der Waals surface area contributed by atoms with Crippen LogP contribution in [0.2, 0.25) is 0 Å². The second-order valence-electron chi connectivity index (χ2n) is 7.30. The van der Waals surface area contributed by atoms with Crippen molar-refractivity contribution in [3.05, 3.63) is 47.8 Å². The van der Waals surface area contributed by atoms with E-state index >= 15 is 0 Å². The highest BCUT2D eigenvalue weighted by atomic mass is 19.1. The Morgan fingerprint density at radius 1 is 1.16 bits per heavy atom. The summed E-state index contributed by atoms with van der Waals surface area (Å²) in [5.41, 5.74) is 2.16. The monoisotopic (exact) mass is 426 g/mol. The summed E-state index contributed by atoms with van der Waals surface area (Å²) in [4.78, 5) is 26.4. The van der Waals surface area contributed by atoms with Crippen LogP contribution in [0.3, 0.4) is 0 Å². The van der Waals surface area contributed by atoms with E-state index in [-0.39, 0.29) is 24.1 Å². The van der Waals surface area contributed by atoms with Gasteiger partial charge >= 0.3 is 0 Å². The minimum absolute atomic E-state index is 0.0825. The largest absolute Gasteiger partial charge is 0.484 e. The van der Waals surface area contributed by atoms with Crippen LogP contribution in [-0.4, -0.2) is 51.6 Å². The van der Waals surface area contributed by atoms with Crippen molar-refractivity contribution in [1.29, 1.82) is 0 Å². The number of hydrogen-bond donors (Lipinski definition) is 1. The Labute approximate surface area is 178 Å². The fraction of sp³-hybridized carbons (Fsp3) is 0.304. The van der Waals surface area contributed by atoms with Crippen molar-refractivity contribution in [3.8, 4) is 17.1 Å². The molecule has 1 fully saturated rings. The zero-order chi connectivity index (χ0) is 22.0. The minimum atomic E-state index is -0.379. The van der Waals surface area contributed by atoms with Crippen LogP contribution in [0, 0.1) is 5.82 Å². The summed E-state index contributed by atoms with van der Waals surface area (Å²) in [5, 5.41) is 3.18. The molecule has 2 aromatic carbocycles. The van der Waals surface area contributed by atoms with Crippen molar-refractivity contribution in [1.82, 2.24) is 5.32 Å². The number of halogens is 1. The molecule has 1 aromatic heterocycles. The number of nitrogens with zero attached hydrogens (tertiary/aromatic N) is 1. The first-order chi connectivity index (χ1) is 15.0.